The maximum absolute atomic E-state index is 5.94. The molecule has 0 spiro atoms. The van der Waals surface area contributed by atoms with Gasteiger partial charge in [-0.3, -0.25) is 0 Å². The minimum atomic E-state index is 0.499. The molecule has 0 saturated heterocycles. The summed E-state index contributed by atoms with van der Waals surface area (Å²) in [5.41, 5.74) is 3.42. The SMILES string of the molecule is [AsH2]c1ncnc2c1c(-c1ccc(Oc3ccccc3)cc1)cn2C1C[CH]CC1. The summed E-state index contributed by atoms with van der Waals surface area (Å²) in [6.07, 6.45) is 9.81. The van der Waals surface area contributed by atoms with Crippen LogP contribution in [-0.2, 0) is 0 Å². The summed E-state index contributed by atoms with van der Waals surface area (Å²) in [6, 6.07) is 18.7. The van der Waals surface area contributed by atoms with Crippen molar-refractivity contribution >= 4 is 32.4 Å². The van der Waals surface area contributed by atoms with Gasteiger partial charge in [-0.1, -0.05) is 0 Å². The first kappa shape index (κ1) is 17.5. The Morgan fingerprint density at radius 1 is 0.964 bits per heavy atom. The Bertz CT molecular complexity index is 1100. The van der Waals surface area contributed by atoms with E-state index in [-0.39, 0.29) is 0 Å². The van der Waals surface area contributed by atoms with Gasteiger partial charge in [0.15, 0.2) is 0 Å². The Morgan fingerprint density at radius 2 is 1.75 bits per heavy atom. The molecular weight excluding hydrogens is 409 g/mol. The van der Waals surface area contributed by atoms with Gasteiger partial charge in [-0.05, 0) is 0 Å². The van der Waals surface area contributed by atoms with E-state index in [4.69, 9.17) is 4.74 Å². The minimum absolute atomic E-state index is 0.499. The van der Waals surface area contributed by atoms with Crippen LogP contribution in [-0.4, -0.2) is 31.4 Å². The predicted octanol–water partition coefficient (Wildman–Crippen LogP) is 4.08. The van der Waals surface area contributed by atoms with Crippen molar-refractivity contribution < 1.29 is 4.74 Å². The Balaban J connectivity index is 1.53. The van der Waals surface area contributed by atoms with Crippen molar-refractivity contribution in [3.8, 4) is 22.6 Å². The van der Waals surface area contributed by atoms with Crippen LogP contribution in [0.15, 0.2) is 67.1 Å². The summed E-state index contributed by atoms with van der Waals surface area (Å²) < 4.78 is 9.37. The number of aromatic nitrogens is 3. The zero-order chi connectivity index (χ0) is 18.9. The molecule has 0 bridgehead atoms. The van der Waals surface area contributed by atoms with E-state index < -0.39 is 0 Å². The summed E-state index contributed by atoms with van der Waals surface area (Å²) in [6.45, 7) is 0. The molecule has 0 aliphatic heterocycles. The molecule has 2 aromatic carbocycles. The Kier molecular flexibility index (Phi) is 4.65. The number of hydrogen-bond donors (Lipinski definition) is 0. The zero-order valence-corrected chi connectivity index (χ0v) is 17.9. The molecule has 1 aliphatic carbocycles. The van der Waals surface area contributed by atoms with Crippen molar-refractivity contribution in [2.75, 3.05) is 0 Å². The fourth-order valence-electron chi connectivity index (χ4n) is 3.92. The van der Waals surface area contributed by atoms with E-state index in [9.17, 15) is 0 Å². The second-order valence-corrected chi connectivity index (χ2v) is 8.25. The van der Waals surface area contributed by atoms with E-state index in [1.165, 1.54) is 46.2 Å². The van der Waals surface area contributed by atoms with Gasteiger partial charge in [0.05, 0.1) is 0 Å². The van der Waals surface area contributed by atoms with Crippen LogP contribution < -0.4 is 9.22 Å². The molecule has 1 saturated carbocycles. The molecule has 1 radical (unpaired) electrons. The van der Waals surface area contributed by atoms with E-state index >= 15 is 0 Å². The van der Waals surface area contributed by atoms with Gasteiger partial charge in [0, 0.05) is 0 Å². The molecule has 28 heavy (non-hydrogen) atoms. The van der Waals surface area contributed by atoms with Gasteiger partial charge in [-0.2, -0.15) is 0 Å². The normalized spacial score (nSPS) is 14.6. The van der Waals surface area contributed by atoms with Crippen molar-refractivity contribution in [2.45, 2.75) is 25.3 Å². The van der Waals surface area contributed by atoms with Gasteiger partial charge < -0.3 is 0 Å². The van der Waals surface area contributed by atoms with Crippen molar-refractivity contribution in [1.29, 1.82) is 0 Å². The predicted molar refractivity (Wildman–Crippen MR) is 115 cm³/mol. The molecule has 4 nitrogen and oxygen atoms in total. The number of benzene rings is 2. The van der Waals surface area contributed by atoms with Gasteiger partial charge in [0.1, 0.15) is 0 Å². The number of rotatable bonds is 4. The molecule has 0 amide bonds. The van der Waals surface area contributed by atoms with Crippen LogP contribution in [0.1, 0.15) is 25.3 Å². The van der Waals surface area contributed by atoms with Crippen LogP contribution in [0.3, 0.4) is 0 Å². The van der Waals surface area contributed by atoms with Crippen LogP contribution >= 0.6 is 0 Å². The van der Waals surface area contributed by atoms with E-state index in [1.807, 2.05) is 42.5 Å². The molecule has 0 N–H and O–H groups in total. The molecule has 2 aromatic heterocycles. The first-order chi connectivity index (χ1) is 13.8. The average Bonchev–Trinajstić information content (AvgIpc) is 3.38. The molecule has 2 unspecified atom stereocenters. The quantitative estimate of drug-likeness (QED) is 0.458. The fraction of sp³-hybridized carbons (Fsp3) is 0.174. The van der Waals surface area contributed by atoms with Crippen molar-refractivity contribution in [1.82, 2.24) is 14.5 Å². The van der Waals surface area contributed by atoms with Crippen molar-refractivity contribution in [3.63, 3.8) is 0 Å². The summed E-state index contributed by atoms with van der Waals surface area (Å²) >= 11 is 1.54. The zero-order valence-electron chi connectivity index (χ0n) is 15.5. The Labute approximate surface area is 173 Å². The summed E-state index contributed by atoms with van der Waals surface area (Å²) in [5.74, 6) is 1.68. The molecule has 5 rings (SSSR count). The van der Waals surface area contributed by atoms with Crippen LogP contribution in [0.5, 0.6) is 11.5 Å². The van der Waals surface area contributed by atoms with E-state index in [0.29, 0.717) is 6.04 Å². The van der Waals surface area contributed by atoms with Crippen LogP contribution in [0.25, 0.3) is 22.2 Å². The van der Waals surface area contributed by atoms with Crippen LogP contribution in [0, 0.1) is 6.42 Å². The van der Waals surface area contributed by atoms with Crippen LogP contribution in [0.4, 0.5) is 0 Å². The number of nitrogens with zero attached hydrogens (tertiary/aromatic N) is 3. The number of ether oxygens (including phenoxy) is 1. The molecule has 139 valence electrons. The van der Waals surface area contributed by atoms with Crippen LogP contribution in [0.2, 0.25) is 0 Å². The summed E-state index contributed by atoms with van der Waals surface area (Å²) in [4.78, 5) is 9.11. The maximum atomic E-state index is 5.94. The standard InChI is InChI=1S/C23H21AsN3O/c24-22-21-20(14-27(17-6-4-5-7-17)23(21)26-15-25-22)16-10-12-19(13-11-16)28-18-8-2-1-3-9-18/h1-4,8-15,17H,5-7,24H2. The third-order valence-electron chi connectivity index (χ3n) is 5.32. The number of fused-ring (bicyclic) bond motifs is 1. The van der Waals surface area contributed by atoms with E-state index in [1.54, 1.807) is 6.33 Å². The first-order valence-electron chi connectivity index (χ1n) is 9.55. The monoisotopic (exact) mass is 430 g/mol. The molecular formula is C23H21AsN3O. The van der Waals surface area contributed by atoms with Crippen molar-refractivity contribution in [3.05, 3.63) is 73.5 Å². The number of para-hydroxylation sites is 1. The fourth-order valence-corrected chi connectivity index (χ4v) is 4.66. The number of hydrogen-bond acceptors (Lipinski definition) is 3. The third-order valence-corrected chi connectivity index (χ3v) is 6.24. The summed E-state index contributed by atoms with van der Waals surface area (Å²) in [5, 5.41) is 1.17. The summed E-state index contributed by atoms with van der Waals surface area (Å²) in [7, 11) is 0. The van der Waals surface area contributed by atoms with E-state index in [2.05, 4.69) is 39.3 Å². The van der Waals surface area contributed by atoms with Gasteiger partial charge in [0.2, 0.25) is 0 Å². The van der Waals surface area contributed by atoms with E-state index in [0.717, 1.165) is 28.0 Å². The molecule has 1 aliphatic rings. The Morgan fingerprint density at radius 3 is 2.50 bits per heavy atom. The topological polar surface area (TPSA) is 39.9 Å². The average molecular weight is 430 g/mol. The molecule has 2 heterocycles. The Hall–Kier alpha value is -2.58. The molecule has 1 fully saturated rings. The molecule has 4 aromatic rings. The van der Waals surface area contributed by atoms with Gasteiger partial charge >= 0.3 is 173 Å². The third kappa shape index (κ3) is 3.22. The second-order valence-electron chi connectivity index (χ2n) is 7.10. The molecule has 2 atom stereocenters. The van der Waals surface area contributed by atoms with Crippen molar-refractivity contribution in [2.24, 2.45) is 0 Å². The van der Waals surface area contributed by atoms with Gasteiger partial charge in [-0.25, -0.2) is 0 Å². The second kappa shape index (κ2) is 7.44. The van der Waals surface area contributed by atoms with Gasteiger partial charge in [0.25, 0.3) is 0 Å². The van der Waals surface area contributed by atoms with Gasteiger partial charge in [-0.15, -0.1) is 0 Å². The molecule has 5 heteroatoms. The first-order valence-corrected chi connectivity index (χ1v) is 10.8.